The molecule has 0 atom stereocenters. The second-order valence-corrected chi connectivity index (χ2v) is 5.84. The van der Waals surface area contributed by atoms with Crippen molar-refractivity contribution in [2.24, 2.45) is 0 Å². The number of hydrogen-bond acceptors (Lipinski definition) is 3. The zero-order chi connectivity index (χ0) is 14.8. The highest BCUT2D eigenvalue weighted by Crippen LogP contribution is 2.28. The molecule has 0 saturated heterocycles. The van der Waals surface area contributed by atoms with E-state index in [4.69, 9.17) is 22.1 Å². The van der Waals surface area contributed by atoms with Crippen LogP contribution >= 0.6 is 11.6 Å². The number of halogens is 1. The zero-order valence-corrected chi connectivity index (χ0v) is 12.9. The second kappa shape index (κ2) is 5.96. The van der Waals surface area contributed by atoms with Gasteiger partial charge < -0.3 is 10.5 Å². The number of methoxy groups -OCH3 is 1. The van der Waals surface area contributed by atoms with Gasteiger partial charge in [-0.1, -0.05) is 23.7 Å². The van der Waals surface area contributed by atoms with Crippen LogP contribution in [0.1, 0.15) is 16.7 Å². The highest BCUT2D eigenvalue weighted by Gasteiger charge is 2.19. The van der Waals surface area contributed by atoms with Crippen LogP contribution in [0, 0.1) is 0 Å². The van der Waals surface area contributed by atoms with Gasteiger partial charge in [-0.3, -0.25) is 4.90 Å². The molecular weight excluding hydrogens is 284 g/mol. The minimum Gasteiger partial charge on any atom is -0.496 e. The average Bonchev–Trinajstić information content (AvgIpc) is 2.48. The highest BCUT2D eigenvalue weighted by molar-refractivity contribution is 6.30. The first-order valence-corrected chi connectivity index (χ1v) is 7.46. The van der Waals surface area contributed by atoms with Gasteiger partial charge in [0.1, 0.15) is 5.75 Å². The van der Waals surface area contributed by atoms with Gasteiger partial charge >= 0.3 is 0 Å². The molecule has 0 bridgehead atoms. The summed E-state index contributed by atoms with van der Waals surface area (Å²) in [6, 6.07) is 11.9. The molecule has 1 heterocycles. The first-order chi connectivity index (χ1) is 10.2. The molecule has 0 fully saturated rings. The first kappa shape index (κ1) is 14.2. The predicted octanol–water partition coefficient (Wildman–Crippen LogP) is 3.49. The van der Waals surface area contributed by atoms with Gasteiger partial charge in [-0.15, -0.1) is 0 Å². The minimum atomic E-state index is 0.739. The van der Waals surface area contributed by atoms with E-state index < -0.39 is 0 Å². The van der Waals surface area contributed by atoms with E-state index in [9.17, 15) is 0 Å². The van der Waals surface area contributed by atoms with Gasteiger partial charge in [-0.2, -0.15) is 0 Å². The normalized spacial score (nSPS) is 14.8. The van der Waals surface area contributed by atoms with Gasteiger partial charge in [0, 0.05) is 35.9 Å². The highest BCUT2D eigenvalue weighted by atomic mass is 35.5. The smallest absolute Gasteiger partial charge is 0.123 e. The van der Waals surface area contributed by atoms with E-state index in [2.05, 4.69) is 11.0 Å². The third-order valence-corrected chi connectivity index (χ3v) is 4.26. The van der Waals surface area contributed by atoms with Crippen LogP contribution < -0.4 is 10.5 Å². The summed E-state index contributed by atoms with van der Waals surface area (Å²) in [6.45, 7) is 2.71. The van der Waals surface area contributed by atoms with Crippen molar-refractivity contribution < 1.29 is 4.74 Å². The predicted molar refractivity (Wildman–Crippen MR) is 86.7 cm³/mol. The van der Waals surface area contributed by atoms with Gasteiger partial charge in [0.15, 0.2) is 0 Å². The lowest BCUT2D eigenvalue weighted by Crippen LogP contribution is -2.30. The summed E-state index contributed by atoms with van der Waals surface area (Å²) in [5, 5.41) is 0.739. The molecule has 1 aliphatic rings. The molecule has 0 amide bonds. The molecule has 4 heteroatoms. The van der Waals surface area contributed by atoms with Crippen LogP contribution in [0.25, 0.3) is 0 Å². The lowest BCUT2D eigenvalue weighted by atomic mass is 9.97. The summed E-state index contributed by atoms with van der Waals surface area (Å²) in [5.74, 6) is 0.881. The molecule has 2 aromatic rings. The van der Waals surface area contributed by atoms with Gasteiger partial charge in [0.05, 0.1) is 7.11 Å². The van der Waals surface area contributed by atoms with Crippen molar-refractivity contribution in [3.05, 3.63) is 58.1 Å². The van der Waals surface area contributed by atoms with Crippen LogP contribution in [0.5, 0.6) is 5.75 Å². The maximum Gasteiger partial charge on any atom is 0.123 e. The van der Waals surface area contributed by atoms with Crippen molar-refractivity contribution in [3.63, 3.8) is 0 Å². The molecule has 2 N–H and O–H groups in total. The first-order valence-electron chi connectivity index (χ1n) is 7.08. The maximum absolute atomic E-state index is 6.10. The van der Waals surface area contributed by atoms with Crippen molar-refractivity contribution in [3.8, 4) is 5.75 Å². The number of fused-ring (bicyclic) bond motifs is 1. The van der Waals surface area contributed by atoms with E-state index in [-0.39, 0.29) is 0 Å². The molecule has 1 aliphatic heterocycles. The Hall–Kier alpha value is -1.71. The number of rotatable bonds is 3. The summed E-state index contributed by atoms with van der Waals surface area (Å²) >= 11 is 6.10. The van der Waals surface area contributed by atoms with Crippen LogP contribution in [-0.4, -0.2) is 18.6 Å². The van der Waals surface area contributed by atoms with Crippen molar-refractivity contribution in [2.45, 2.75) is 19.5 Å². The van der Waals surface area contributed by atoms with Crippen molar-refractivity contribution in [1.29, 1.82) is 0 Å². The van der Waals surface area contributed by atoms with E-state index in [1.54, 1.807) is 7.11 Å². The number of ether oxygens (including phenoxy) is 1. The van der Waals surface area contributed by atoms with Crippen LogP contribution in [0.2, 0.25) is 5.02 Å². The van der Waals surface area contributed by atoms with Crippen molar-refractivity contribution in [1.82, 2.24) is 4.90 Å². The number of anilines is 1. The maximum atomic E-state index is 6.10. The summed E-state index contributed by atoms with van der Waals surface area (Å²) < 4.78 is 5.43. The number of nitrogens with two attached hydrogens (primary N) is 1. The Morgan fingerprint density at radius 1 is 1.29 bits per heavy atom. The molecule has 2 aromatic carbocycles. The van der Waals surface area contributed by atoms with Crippen molar-refractivity contribution in [2.75, 3.05) is 19.4 Å². The zero-order valence-electron chi connectivity index (χ0n) is 12.1. The Kier molecular flexibility index (Phi) is 4.04. The Morgan fingerprint density at radius 3 is 2.95 bits per heavy atom. The standard InChI is InChI=1S/C17H19ClN2O/c1-21-17-6-5-14(18)9-13(17)10-20-8-7-12-3-2-4-16(19)15(12)11-20/h2-6,9H,7-8,10-11,19H2,1H3. The molecular formula is C17H19ClN2O. The van der Waals surface area contributed by atoms with E-state index in [1.165, 1.54) is 11.1 Å². The number of nitrogens with zero attached hydrogens (tertiary/aromatic N) is 1. The molecule has 21 heavy (non-hydrogen) atoms. The molecule has 3 rings (SSSR count). The van der Waals surface area contributed by atoms with Crippen LogP contribution in [0.4, 0.5) is 5.69 Å². The molecule has 3 nitrogen and oxygen atoms in total. The number of hydrogen-bond donors (Lipinski definition) is 1. The van der Waals surface area contributed by atoms with Gasteiger partial charge in [-0.05, 0) is 41.8 Å². The molecule has 0 saturated carbocycles. The van der Waals surface area contributed by atoms with E-state index >= 15 is 0 Å². The van der Waals surface area contributed by atoms with Crippen LogP contribution in [0.3, 0.4) is 0 Å². The fourth-order valence-electron chi connectivity index (χ4n) is 2.91. The molecule has 110 valence electrons. The van der Waals surface area contributed by atoms with Crippen LogP contribution in [0.15, 0.2) is 36.4 Å². The third kappa shape index (κ3) is 2.99. The Bertz CT molecular complexity index is 657. The van der Waals surface area contributed by atoms with Crippen molar-refractivity contribution >= 4 is 17.3 Å². The Balaban J connectivity index is 1.81. The molecule has 0 radical (unpaired) electrons. The number of nitrogen functional groups attached to an aromatic ring is 1. The van der Waals surface area contributed by atoms with E-state index in [0.29, 0.717) is 0 Å². The topological polar surface area (TPSA) is 38.5 Å². The SMILES string of the molecule is COc1ccc(Cl)cc1CN1CCc2cccc(N)c2C1. The summed E-state index contributed by atoms with van der Waals surface area (Å²) in [5.41, 5.74) is 10.7. The largest absolute Gasteiger partial charge is 0.496 e. The fourth-order valence-corrected chi connectivity index (χ4v) is 3.10. The summed E-state index contributed by atoms with van der Waals surface area (Å²) in [6.07, 6.45) is 1.03. The van der Waals surface area contributed by atoms with E-state index in [0.717, 1.165) is 48.1 Å². The fraction of sp³-hybridized carbons (Fsp3) is 0.294. The molecule has 0 unspecified atom stereocenters. The minimum absolute atomic E-state index is 0.739. The molecule has 0 aliphatic carbocycles. The molecule has 0 spiro atoms. The van der Waals surface area contributed by atoms with Gasteiger partial charge in [0.2, 0.25) is 0 Å². The van der Waals surface area contributed by atoms with E-state index in [1.807, 2.05) is 30.3 Å². The lowest BCUT2D eigenvalue weighted by molar-refractivity contribution is 0.242. The lowest BCUT2D eigenvalue weighted by Gasteiger charge is -2.30. The second-order valence-electron chi connectivity index (χ2n) is 5.40. The monoisotopic (exact) mass is 302 g/mol. The number of benzene rings is 2. The summed E-state index contributed by atoms with van der Waals surface area (Å²) in [7, 11) is 1.69. The average molecular weight is 303 g/mol. The quantitative estimate of drug-likeness (QED) is 0.882. The van der Waals surface area contributed by atoms with Gasteiger partial charge in [0.25, 0.3) is 0 Å². The van der Waals surface area contributed by atoms with Gasteiger partial charge in [-0.25, -0.2) is 0 Å². The third-order valence-electron chi connectivity index (χ3n) is 4.02. The molecule has 0 aromatic heterocycles. The van der Waals surface area contributed by atoms with Crippen LogP contribution in [-0.2, 0) is 19.5 Å². The Morgan fingerprint density at radius 2 is 2.14 bits per heavy atom. The summed E-state index contributed by atoms with van der Waals surface area (Å²) in [4.78, 5) is 2.38. The Labute approximate surface area is 130 Å².